The van der Waals surface area contributed by atoms with E-state index in [9.17, 15) is 0 Å². The highest BCUT2D eigenvalue weighted by Crippen LogP contribution is 2.37. The molecule has 0 amide bonds. The Hall–Kier alpha value is -0.120. The first kappa shape index (κ1) is 12.9. The molecular weight excluding hydrogens is 188 g/mol. The largest absolute Gasteiger partial charge is 0.396 e. The van der Waals surface area contributed by atoms with Gasteiger partial charge in [0, 0.05) is 18.7 Å². The predicted octanol–water partition coefficient (Wildman–Crippen LogP) is 1.26. The standard InChI is InChI=1S/C12H26N2O/c1-2-11-6-5-7-12(11,10-13)14-8-3-4-9-15/h11,14-15H,2-10,13H2,1H3. The van der Waals surface area contributed by atoms with E-state index in [0.717, 1.165) is 31.8 Å². The Labute approximate surface area is 93.4 Å². The second kappa shape index (κ2) is 6.46. The van der Waals surface area contributed by atoms with Gasteiger partial charge in [0.25, 0.3) is 0 Å². The molecule has 2 atom stereocenters. The Morgan fingerprint density at radius 3 is 2.87 bits per heavy atom. The fourth-order valence-corrected chi connectivity index (χ4v) is 2.89. The average Bonchev–Trinajstić information content (AvgIpc) is 2.68. The number of hydrogen-bond donors (Lipinski definition) is 3. The Balaban J connectivity index is 2.38. The number of nitrogens with two attached hydrogens (primary N) is 1. The summed E-state index contributed by atoms with van der Waals surface area (Å²) in [6.45, 7) is 4.31. The molecule has 0 radical (unpaired) electrons. The molecular formula is C12H26N2O. The van der Waals surface area contributed by atoms with Crippen molar-refractivity contribution in [3.8, 4) is 0 Å². The smallest absolute Gasteiger partial charge is 0.0431 e. The number of nitrogens with one attached hydrogen (secondary N) is 1. The van der Waals surface area contributed by atoms with Crippen molar-refractivity contribution in [3.63, 3.8) is 0 Å². The maximum atomic E-state index is 8.73. The molecule has 0 aliphatic heterocycles. The molecule has 90 valence electrons. The zero-order valence-electron chi connectivity index (χ0n) is 9.97. The molecule has 1 aliphatic rings. The molecule has 0 spiro atoms. The van der Waals surface area contributed by atoms with E-state index in [-0.39, 0.29) is 5.54 Å². The molecule has 1 rings (SSSR count). The van der Waals surface area contributed by atoms with Gasteiger partial charge >= 0.3 is 0 Å². The summed E-state index contributed by atoms with van der Waals surface area (Å²) in [5.41, 5.74) is 6.14. The molecule has 0 heterocycles. The van der Waals surface area contributed by atoms with E-state index < -0.39 is 0 Å². The predicted molar refractivity (Wildman–Crippen MR) is 63.7 cm³/mol. The number of unbranched alkanes of at least 4 members (excludes halogenated alkanes) is 1. The number of aliphatic hydroxyl groups is 1. The summed E-state index contributed by atoms with van der Waals surface area (Å²) in [6, 6.07) is 0. The highest BCUT2D eigenvalue weighted by atomic mass is 16.2. The molecule has 3 nitrogen and oxygen atoms in total. The van der Waals surface area contributed by atoms with Gasteiger partial charge in [-0.3, -0.25) is 0 Å². The molecule has 0 bridgehead atoms. The molecule has 1 aliphatic carbocycles. The van der Waals surface area contributed by atoms with Gasteiger partial charge in [0.05, 0.1) is 0 Å². The fraction of sp³-hybridized carbons (Fsp3) is 1.00. The first-order chi connectivity index (χ1) is 7.29. The summed E-state index contributed by atoms with van der Waals surface area (Å²) in [5.74, 6) is 0.747. The van der Waals surface area contributed by atoms with Gasteiger partial charge in [-0.15, -0.1) is 0 Å². The fourth-order valence-electron chi connectivity index (χ4n) is 2.89. The molecule has 0 aromatic rings. The minimum atomic E-state index is 0.199. The molecule has 0 aromatic heterocycles. The van der Waals surface area contributed by atoms with Crippen LogP contribution in [0.5, 0.6) is 0 Å². The number of rotatable bonds is 7. The topological polar surface area (TPSA) is 58.3 Å². The minimum absolute atomic E-state index is 0.199. The second-order valence-corrected chi connectivity index (χ2v) is 4.72. The number of aliphatic hydroxyl groups excluding tert-OH is 1. The van der Waals surface area contributed by atoms with Crippen LogP contribution in [0.25, 0.3) is 0 Å². The van der Waals surface area contributed by atoms with Crippen LogP contribution in [0.3, 0.4) is 0 Å². The lowest BCUT2D eigenvalue weighted by molar-refractivity contribution is 0.236. The summed E-state index contributed by atoms with van der Waals surface area (Å²) >= 11 is 0. The third-order valence-corrected chi connectivity index (χ3v) is 3.88. The van der Waals surface area contributed by atoms with Crippen molar-refractivity contribution < 1.29 is 5.11 Å². The second-order valence-electron chi connectivity index (χ2n) is 4.72. The maximum Gasteiger partial charge on any atom is 0.0431 e. The van der Waals surface area contributed by atoms with E-state index >= 15 is 0 Å². The third kappa shape index (κ3) is 3.16. The normalized spacial score (nSPS) is 31.0. The minimum Gasteiger partial charge on any atom is -0.396 e. The Bertz CT molecular complexity index is 175. The van der Waals surface area contributed by atoms with E-state index in [1.54, 1.807) is 0 Å². The van der Waals surface area contributed by atoms with Gasteiger partial charge in [0.1, 0.15) is 0 Å². The van der Waals surface area contributed by atoms with Crippen LogP contribution in [0.4, 0.5) is 0 Å². The summed E-state index contributed by atoms with van der Waals surface area (Å²) in [6.07, 6.45) is 7.02. The van der Waals surface area contributed by atoms with Crippen molar-refractivity contribution in [2.75, 3.05) is 19.7 Å². The van der Waals surface area contributed by atoms with Crippen LogP contribution in [-0.4, -0.2) is 30.3 Å². The first-order valence-corrected chi connectivity index (χ1v) is 6.35. The lowest BCUT2D eigenvalue weighted by atomic mass is 9.85. The lowest BCUT2D eigenvalue weighted by Crippen LogP contribution is -2.54. The summed E-state index contributed by atoms with van der Waals surface area (Å²) in [7, 11) is 0. The van der Waals surface area contributed by atoms with Crippen molar-refractivity contribution in [1.29, 1.82) is 0 Å². The SMILES string of the molecule is CCC1CCCC1(CN)NCCCCO. The molecule has 1 fully saturated rings. The molecule has 3 heteroatoms. The van der Waals surface area contributed by atoms with Crippen molar-refractivity contribution >= 4 is 0 Å². The van der Waals surface area contributed by atoms with Crippen LogP contribution in [0.1, 0.15) is 45.4 Å². The Morgan fingerprint density at radius 1 is 1.47 bits per heavy atom. The van der Waals surface area contributed by atoms with Crippen LogP contribution in [0, 0.1) is 5.92 Å². The van der Waals surface area contributed by atoms with Crippen molar-refractivity contribution in [3.05, 3.63) is 0 Å². The van der Waals surface area contributed by atoms with Crippen LogP contribution in [0.2, 0.25) is 0 Å². The lowest BCUT2D eigenvalue weighted by Gasteiger charge is -2.35. The van der Waals surface area contributed by atoms with E-state index in [2.05, 4.69) is 12.2 Å². The highest BCUT2D eigenvalue weighted by Gasteiger charge is 2.39. The van der Waals surface area contributed by atoms with Gasteiger partial charge in [-0.2, -0.15) is 0 Å². The quantitative estimate of drug-likeness (QED) is 0.559. The van der Waals surface area contributed by atoms with Gasteiger partial charge in [0.2, 0.25) is 0 Å². The van der Waals surface area contributed by atoms with Crippen LogP contribution >= 0.6 is 0 Å². The molecule has 0 saturated heterocycles. The first-order valence-electron chi connectivity index (χ1n) is 6.35. The molecule has 0 aromatic carbocycles. The zero-order valence-corrected chi connectivity index (χ0v) is 9.97. The van der Waals surface area contributed by atoms with Crippen LogP contribution in [0.15, 0.2) is 0 Å². The molecule has 2 unspecified atom stereocenters. The van der Waals surface area contributed by atoms with Crippen molar-refractivity contribution in [2.45, 2.75) is 51.0 Å². The van der Waals surface area contributed by atoms with Crippen LogP contribution < -0.4 is 11.1 Å². The monoisotopic (exact) mass is 214 g/mol. The maximum absolute atomic E-state index is 8.73. The highest BCUT2D eigenvalue weighted by molar-refractivity contribution is 4.99. The van der Waals surface area contributed by atoms with E-state index in [1.165, 1.54) is 25.7 Å². The van der Waals surface area contributed by atoms with Gasteiger partial charge in [-0.05, 0) is 38.1 Å². The average molecular weight is 214 g/mol. The summed E-state index contributed by atoms with van der Waals surface area (Å²) in [4.78, 5) is 0. The van der Waals surface area contributed by atoms with Gasteiger partial charge in [-0.25, -0.2) is 0 Å². The molecule has 1 saturated carbocycles. The van der Waals surface area contributed by atoms with Gasteiger partial charge in [-0.1, -0.05) is 19.8 Å². The van der Waals surface area contributed by atoms with Gasteiger partial charge < -0.3 is 16.2 Å². The van der Waals surface area contributed by atoms with E-state index in [0.29, 0.717) is 6.61 Å². The summed E-state index contributed by atoms with van der Waals surface area (Å²) < 4.78 is 0. The third-order valence-electron chi connectivity index (χ3n) is 3.88. The zero-order chi connectivity index (χ0) is 11.1. The van der Waals surface area contributed by atoms with E-state index in [1.807, 2.05) is 0 Å². The van der Waals surface area contributed by atoms with Crippen molar-refractivity contribution in [2.24, 2.45) is 11.7 Å². The summed E-state index contributed by atoms with van der Waals surface area (Å²) in [5, 5.41) is 12.4. The number of hydrogen-bond acceptors (Lipinski definition) is 3. The van der Waals surface area contributed by atoms with Crippen LogP contribution in [-0.2, 0) is 0 Å². The van der Waals surface area contributed by atoms with Gasteiger partial charge in [0.15, 0.2) is 0 Å². The van der Waals surface area contributed by atoms with Crippen molar-refractivity contribution in [1.82, 2.24) is 5.32 Å². The Kier molecular flexibility index (Phi) is 5.58. The van der Waals surface area contributed by atoms with E-state index in [4.69, 9.17) is 10.8 Å². The molecule has 4 N–H and O–H groups in total. The molecule has 15 heavy (non-hydrogen) atoms. The Morgan fingerprint density at radius 2 is 2.27 bits per heavy atom.